The van der Waals surface area contributed by atoms with Gasteiger partial charge in [-0.2, -0.15) is 0 Å². The van der Waals surface area contributed by atoms with Crippen molar-refractivity contribution < 1.29 is 13.5 Å². The van der Waals surface area contributed by atoms with Crippen molar-refractivity contribution in [2.24, 2.45) is 0 Å². The molecule has 0 amide bonds. The predicted molar refractivity (Wildman–Crippen MR) is 79.2 cm³/mol. The van der Waals surface area contributed by atoms with Crippen molar-refractivity contribution in [3.8, 4) is 0 Å². The fourth-order valence-electron chi connectivity index (χ4n) is 1.37. The third-order valence-corrected chi connectivity index (χ3v) is 3.80. The molecule has 0 aliphatic rings. The van der Waals surface area contributed by atoms with Gasteiger partial charge >= 0.3 is 0 Å². The Morgan fingerprint density at radius 3 is 2.37 bits per heavy atom. The topological polar surface area (TPSA) is 69.6 Å². The highest BCUT2D eigenvalue weighted by Gasteiger charge is 2.21. The number of nitrogens with one attached hydrogen (secondary N) is 1. The molecule has 2 N–H and O–H groups in total. The molecule has 0 bridgehead atoms. The molecule has 6 heteroatoms. The van der Waals surface area contributed by atoms with Gasteiger partial charge < -0.3 is 10.4 Å². The van der Waals surface area contributed by atoms with E-state index in [1.54, 1.807) is 6.08 Å². The number of hydrogen-bond acceptors (Lipinski definition) is 4. The van der Waals surface area contributed by atoms with E-state index in [2.05, 4.69) is 18.5 Å². The number of sulfonamides is 1. The van der Waals surface area contributed by atoms with Crippen molar-refractivity contribution >= 4 is 10.0 Å². The smallest absolute Gasteiger partial charge is 0.231 e. The van der Waals surface area contributed by atoms with Gasteiger partial charge in [-0.1, -0.05) is 39.2 Å². The van der Waals surface area contributed by atoms with Crippen LogP contribution in [0.3, 0.4) is 0 Å². The molecule has 0 rings (SSSR count). The van der Waals surface area contributed by atoms with Crippen molar-refractivity contribution in [1.29, 1.82) is 0 Å². The fourth-order valence-corrected chi connectivity index (χ4v) is 1.87. The van der Waals surface area contributed by atoms with Crippen LogP contribution in [0, 0.1) is 0 Å². The molecule has 0 spiro atoms. The van der Waals surface area contributed by atoms with Gasteiger partial charge in [0.05, 0.1) is 12.4 Å². The Hall–Kier alpha value is -1.11. The van der Waals surface area contributed by atoms with Crippen LogP contribution >= 0.6 is 0 Å². The summed E-state index contributed by atoms with van der Waals surface area (Å²) in [6.45, 7) is 11.5. The van der Waals surface area contributed by atoms with E-state index in [-0.39, 0.29) is 11.7 Å². The third-order valence-electron chi connectivity index (χ3n) is 2.59. The van der Waals surface area contributed by atoms with Crippen LogP contribution in [0.1, 0.15) is 13.8 Å². The molecule has 0 heterocycles. The van der Waals surface area contributed by atoms with Crippen LogP contribution in [0.2, 0.25) is 0 Å². The van der Waals surface area contributed by atoms with Crippen LogP contribution in [-0.4, -0.2) is 49.8 Å². The molecule has 110 valence electrons. The predicted octanol–water partition coefficient (Wildman–Crippen LogP) is 0.863. The first-order chi connectivity index (χ1) is 8.61. The van der Waals surface area contributed by atoms with Gasteiger partial charge in [-0.15, -0.1) is 0 Å². The molecule has 0 aromatic rings. The maximum absolute atomic E-state index is 11.5. The molecule has 0 fully saturated rings. The Labute approximate surface area is 116 Å². The monoisotopic (exact) mass is 288 g/mol. The Morgan fingerprint density at radius 1 is 1.47 bits per heavy atom. The molecule has 0 saturated carbocycles. The molecule has 0 aliphatic carbocycles. The molecular formula is C13H24N2O3S. The number of allylic oxidation sites excluding steroid dienone is 2. The highest BCUT2D eigenvalue weighted by molar-refractivity contribution is 7.88. The van der Waals surface area contributed by atoms with E-state index in [1.807, 2.05) is 13.8 Å². The molecule has 1 atom stereocenters. The second-order valence-electron chi connectivity index (χ2n) is 4.61. The quantitative estimate of drug-likeness (QED) is 0.650. The van der Waals surface area contributed by atoms with E-state index < -0.39 is 16.1 Å². The largest absolute Gasteiger partial charge is 0.387 e. The normalized spacial score (nSPS) is 14.3. The van der Waals surface area contributed by atoms with Crippen LogP contribution < -0.4 is 5.32 Å². The van der Waals surface area contributed by atoms with Crippen LogP contribution in [0.4, 0.5) is 0 Å². The van der Waals surface area contributed by atoms with Crippen molar-refractivity contribution in [2.75, 3.05) is 19.8 Å². The lowest BCUT2D eigenvalue weighted by atomic mass is 10.1. The third kappa shape index (κ3) is 6.04. The lowest BCUT2D eigenvalue weighted by Gasteiger charge is -2.25. The van der Waals surface area contributed by atoms with Gasteiger partial charge in [-0.3, -0.25) is 4.31 Å². The number of aliphatic hydroxyl groups excluding tert-OH is 1. The minimum atomic E-state index is -3.40. The van der Waals surface area contributed by atoms with E-state index >= 15 is 0 Å². The summed E-state index contributed by atoms with van der Waals surface area (Å²) in [6.07, 6.45) is 3.30. The highest BCUT2D eigenvalue weighted by Crippen LogP contribution is 2.18. The van der Waals surface area contributed by atoms with E-state index in [9.17, 15) is 13.5 Å². The van der Waals surface area contributed by atoms with Crippen LogP contribution in [0.5, 0.6) is 0 Å². The van der Waals surface area contributed by atoms with Crippen LogP contribution in [0.15, 0.2) is 36.6 Å². The standard InChI is InChI=1S/C13H24N2O3S/c1-7-8-12(13(16)9-14-10(2)3)11(4)15(5)19(6,17)18/h7-8,10,13-14,16H,1,4,9H2,2-3,5-6H3/b12-8+. The number of nitrogens with zero attached hydrogens (tertiary/aromatic N) is 1. The maximum Gasteiger partial charge on any atom is 0.231 e. The lowest BCUT2D eigenvalue weighted by Crippen LogP contribution is -2.36. The molecule has 0 aliphatic heterocycles. The number of rotatable bonds is 8. The van der Waals surface area contributed by atoms with Crippen LogP contribution in [0.25, 0.3) is 0 Å². The summed E-state index contributed by atoms with van der Waals surface area (Å²) >= 11 is 0. The van der Waals surface area contributed by atoms with Gasteiger partial charge in [0.1, 0.15) is 0 Å². The average molecular weight is 288 g/mol. The minimum Gasteiger partial charge on any atom is -0.387 e. The number of aliphatic hydroxyl groups is 1. The summed E-state index contributed by atoms with van der Waals surface area (Å²) in [5.74, 6) is 0. The summed E-state index contributed by atoms with van der Waals surface area (Å²) in [4.78, 5) is 0. The molecular weight excluding hydrogens is 264 g/mol. The number of likely N-dealkylation sites (N-methyl/N-ethyl adjacent to an activating group) is 1. The van der Waals surface area contributed by atoms with Gasteiger partial charge in [0, 0.05) is 30.9 Å². The first kappa shape index (κ1) is 17.9. The van der Waals surface area contributed by atoms with E-state index in [0.29, 0.717) is 12.1 Å². The Morgan fingerprint density at radius 2 is 2.00 bits per heavy atom. The minimum absolute atomic E-state index is 0.223. The van der Waals surface area contributed by atoms with Gasteiger partial charge in [0.25, 0.3) is 0 Å². The summed E-state index contributed by atoms with van der Waals surface area (Å²) in [5, 5.41) is 13.2. The summed E-state index contributed by atoms with van der Waals surface area (Å²) in [7, 11) is -2.00. The second kappa shape index (κ2) is 7.47. The zero-order chi connectivity index (χ0) is 15.2. The maximum atomic E-state index is 11.5. The Balaban J connectivity index is 5.08. The molecule has 0 saturated heterocycles. The lowest BCUT2D eigenvalue weighted by molar-refractivity contribution is 0.203. The SMILES string of the molecule is C=C/C=C(\C(=C)N(C)S(C)(=O)=O)C(O)CNC(C)C. The first-order valence-corrected chi connectivity index (χ1v) is 7.83. The van der Waals surface area contributed by atoms with Gasteiger partial charge in [0.15, 0.2) is 0 Å². The second-order valence-corrected chi connectivity index (χ2v) is 6.63. The van der Waals surface area contributed by atoms with E-state index in [1.165, 1.54) is 13.1 Å². The van der Waals surface area contributed by atoms with E-state index in [0.717, 1.165) is 10.6 Å². The van der Waals surface area contributed by atoms with Gasteiger partial charge in [-0.05, 0) is 0 Å². The molecule has 5 nitrogen and oxygen atoms in total. The fraction of sp³-hybridized carbons (Fsp3) is 0.538. The van der Waals surface area contributed by atoms with E-state index in [4.69, 9.17) is 0 Å². The zero-order valence-electron chi connectivity index (χ0n) is 12.0. The first-order valence-electron chi connectivity index (χ1n) is 5.98. The summed E-state index contributed by atoms with van der Waals surface area (Å²) < 4.78 is 24.0. The molecule has 0 radical (unpaired) electrons. The van der Waals surface area contributed by atoms with Crippen molar-refractivity contribution in [3.05, 3.63) is 36.6 Å². The van der Waals surface area contributed by atoms with Crippen molar-refractivity contribution in [1.82, 2.24) is 9.62 Å². The summed E-state index contributed by atoms with van der Waals surface area (Å²) in [6, 6.07) is 0.223. The zero-order valence-corrected chi connectivity index (χ0v) is 12.9. The Bertz CT molecular complexity index is 453. The number of hydrogen-bond donors (Lipinski definition) is 2. The van der Waals surface area contributed by atoms with Crippen molar-refractivity contribution in [3.63, 3.8) is 0 Å². The summed E-state index contributed by atoms with van der Waals surface area (Å²) in [5.41, 5.74) is 0.663. The molecule has 1 unspecified atom stereocenters. The highest BCUT2D eigenvalue weighted by atomic mass is 32.2. The Kier molecular flexibility index (Phi) is 7.04. The van der Waals surface area contributed by atoms with Gasteiger partial charge in [0.2, 0.25) is 10.0 Å². The average Bonchev–Trinajstić information content (AvgIpc) is 2.29. The molecule has 0 aromatic carbocycles. The molecule has 0 aromatic heterocycles. The van der Waals surface area contributed by atoms with Crippen LogP contribution in [-0.2, 0) is 10.0 Å². The van der Waals surface area contributed by atoms with Crippen molar-refractivity contribution in [2.45, 2.75) is 26.0 Å². The molecule has 19 heavy (non-hydrogen) atoms. The van der Waals surface area contributed by atoms with Gasteiger partial charge in [-0.25, -0.2) is 8.42 Å².